The maximum Gasteiger partial charge on any atom is 0.171 e. The van der Waals surface area contributed by atoms with Crippen LogP contribution in [0.15, 0.2) is 0 Å². The highest BCUT2D eigenvalue weighted by atomic mass is 16.7. The third kappa shape index (κ3) is 4.57. The van der Waals surface area contributed by atoms with E-state index in [9.17, 15) is 25.2 Å². The smallest absolute Gasteiger partial charge is 0.171 e. The predicted octanol–water partition coefficient (Wildman–Crippen LogP) is 2.84. The monoisotopic (exact) mass is 606 g/mol. The van der Waals surface area contributed by atoms with E-state index in [1.807, 2.05) is 0 Å². The molecule has 7 aliphatic rings. The third-order valence-electron chi connectivity index (χ3n) is 14.2. The van der Waals surface area contributed by atoms with Crippen LogP contribution in [0.25, 0.3) is 0 Å². The van der Waals surface area contributed by atoms with Gasteiger partial charge in [-0.25, -0.2) is 0 Å². The fraction of sp³-hybridized carbons (Fsp3) is 0.971. The third-order valence-corrected chi connectivity index (χ3v) is 14.2. The van der Waals surface area contributed by atoms with Crippen LogP contribution in [0.5, 0.6) is 0 Å². The molecular formula is C34H54O9. The van der Waals surface area contributed by atoms with E-state index in [4.69, 9.17) is 18.9 Å². The van der Waals surface area contributed by atoms with E-state index in [-0.39, 0.29) is 41.5 Å². The summed E-state index contributed by atoms with van der Waals surface area (Å²) in [5, 5.41) is 40.2. The zero-order chi connectivity index (χ0) is 30.5. The molecule has 0 bridgehead atoms. The number of Topliss-reactive ketones (excluding diaryl/α,β-unsaturated/α-hetero) is 1. The number of carbonyl (C=O) groups excluding carboxylic acids is 1. The first-order valence-corrected chi connectivity index (χ1v) is 17.2. The van der Waals surface area contributed by atoms with Gasteiger partial charge < -0.3 is 39.4 Å². The molecule has 43 heavy (non-hydrogen) atoms. The van der Waals surface area contributed by atoms with Gasteiger partial charge in [0.1, 0.15) is 36.3 Å². The molecule has 0 radical (unpaired) electrons. The zero-order valence-electron chi connectivity index (χ0n) is 26.4. The lowest BCUT2D eigenvalue weighted by Gasteiger charge is -2.60. The van der Waals surface area contributed by atoms with Crippen molar-refractivity contribution in [1.29, 1.82) is 0 Å². The fourth-order valence-corrected chi connectivity index (χ4v) is 11.6. The molecule has 4 N–H and O–H groups in total. The summed E-state index contributed by atoms with van der Waals surface area (Å²) < 4.78 is 25.2. The van der Waals surface area contributed by atoms with Crippen molar-refractivity contribution in [2.45, 2.75) is 134 Å². The SMILES string of the molecule is C[C@@H]1CC[C@]2(OC1)O[C@@H]1C[C@@H]3[C@H]4CC[C@H]5C[C@@H](OC[C@@H]6O[C@H](CO)[C@H](O)[C@H](O)[C@H]6O)CC[C@@]5(C)[C@@H]4CC(=O)[C@@]3(C)[C@@H]1[C@@H]2C. The first-order chi connectivity index (χ1) is 20.4. The summed E-state index contributed by atoms with van der Waals surface area (Å²) in [6, 6.07) is 0. The number of hydrogen-bond acceptors (Lipinski definition) is 9. The van der Waals surface area contributed by atoms with Crippen LogP contribution < -0.4 is 0 Å². The molecule has 0 aromatic rings. The summed E-state index contributed by atoms with van der Waals surface area (Å²) in [6.45, 7) is 9.65. The van der Waals surface area contributed by atoms with E-state index in [1.54, 1.807) is 0 Å². The Labute approximate surface area is 256 Å². The van der Waals surface area contributed by atoms with E-state index in [0.717, 1.165) is 58.0 Å². The minimum Gasteiger partial charge on any atom is -0.394 e. The largest absolute Gasteiger partial charge is 0.394 e. The Hall–Kier alpha value is -0.650. The van der Waals surface area contributed by atoms with Crippen LogP contribution in [0.3, 0.4) is 0 Å². The molecule has 7 rings (SSSR count). The maximum atomic E-state index is 14.3. The average molecular weight is 607 g/mol. The molecule has 0 aromatic carbocycles. The second-order valence-corrected chi connectivity index (χ2v) is 16.1. The van der Waals surface area contributed by atoms with E-state index in [1.165, 1.54) is 0 Å². The first kappa shape index (κ1) is 31.0. The summed E-state index contributed by atoms with van der Waals surface area (Å²) in [4.78, 5) is 14.3. The molecule has 9 heteroatoms. The molecule has 244 valence electrons. The molecule has 3 heterocycles. The van der Waals surface area contributed by atoms with Gasteiger partial charge in [-0.2, -0.15) is 0 Å². The van der Waals surface area contributed by atoms with Crippen LogP contribution >= 0.6 is 0 Å². The Bertz CT molecular complexity index is 1060. The molecule has 17 atom stereocenters. The molecule has 3 saturated heterocycles. The van der Waals surface area contributed by atoms with Crippen molar-refractivity contribution in [2.24, 2.45) is 52.3 Å². The van der Waals surface area contributed by atoms with Crippen LogP contribution in [-0.2, 0) is 23.7 Å². The maximum absolute atomic E-state index is 14.3. The Kier molecular flexibility index (Phi) is 7.90. The van der Waals surface area contributed by atoms with Gasteiger partial charge in [0.05, 0.1) is 32.0 Å². The Morgan fingerprint density at radius 3 is 2.42 bits per heavy atom. The van der Waals surface area contributed by atoms with Crippen LogP contribution in [0, 0.1) is 52.3 Å². The van der Waals surface area contributed by atoms with Crippen LogP contribution in [0.4, 0.5) is 0 Å². The second kappa shape index (κ2) is 11.0. The highest BCUT2D eigenvalue weighted by molar-refractivity contribution is 5.87. The van der Waals surface area contributed by atoms with Gasteiger partial charge in [0.25, 0.3) is 0 Å². The quantitative estimate of drug-likeness (QED) is 0.381. The summed E-state index contributed by atoms with van der Waals surface area (Å²) in [7, 11) is 0. The minimum absolute atomic E-state index is 0.0149. The van der Waals surface area contributed by atoms with Crippen molar-refractivity contribution in [2.75, 3.05) is 19.8 Å². The number of fused-ring (bicyclic) bond motifs is 7. The molecular weight excluding hydrogens is 552 g/mol. The molecule has 0 amide bonds. The van der Waals surface area contributed by atoms with E-state index >= 15 is 0 Å². The highest BCUT2D eigenvalue weighted by Crippen LogP contribution is 2.70. The summed E-state index contributed by atoms with van der Waals surface area (Å²) in [5.41, 5.74) is -0.243. The van der Waals surface area contributed by atoms with Gasteiger partial charge in [-0.05, 0) is 80.0 Å². The average Bonchev–Trinajstić information content (AvgIpc) is 3.44. The lowest BCUT2D eigenvalue weighted by molar-refractivity contribution is -0.272. The standard InChI is InChI=1S/C34H54O9/c1-17-7-10-34(41-15-17)18(2)28-24(43-34)12-23-21-6-5-19-11-20(8-9-32(19,3)22(21)13-27(36)33(23,28)4)40-16-26-30(38)31(39)29(37)25(14-35)42-26/h17-26,28-31,35,37-39H,5-16H2,1-4H3/t17-,18+,19+,20+,21+,22-,23-,24-,25-,26+,28-,29+,30+,31+,32-,33+,34+/m1/s1. The van der Waals surface area contributed by atoms with E-state index < -0.39 is 42.9 Å². The van der Waals surface area contributed by atoms with Crippen molar-refractivity contribution in [3.05, 3.63) is 0 Å². The fourth-order valence-electron chi connectivity index (χ4n) is 11.6. The lowest BCUT2D eigenvalue weighted by Crippen LogP contribution is -2.60. The second-order valence-electron chi connectivity index (χ2n) is 16.1. The van der Waals surface area contributed by atoms with Gasteiger partial charge in [-0.3, -0.25) is 4.79 Å². The Morgan fingerprint density at radius 1 is 0.930 bits per heavy atom. The Balaban J connectivity index is 1.02. The van der Waals surface area contributed by atoms with Crippen molar-refractivity contribution in [3.63, 3.8) is 0 Å². The van der Waals surface area contributed by atoms with Gasteiger partial charge >= 0.3 is 0 Å². The summed E-state index contributed by atoms with van der Waals surface area (Å²) >= 11 is 0. The van der Waals surface area contributed by atoms with Gasteiger partial charge in [0.15, 0.2) is 5.79 Å². The highest BCUT2D eigenvalue weighted by Gasteiger charge is 2.71. The first-order valence-electron chi connectivity index (χ1n) is 17.2. The van der Waals surface area contributed by atoms with Gasteiger partial charge in [-0.15, -0.1) is 0 Å². The van der Waals surface area contributed by atoms with Crippen molar-refractivity contribution >= 4 is 5.78 Å². The Morgan fingerprint density at radius 2 is 1.70 bits per heavy atom. The summed E-state index contributed by atoms with van der Waals surface area (Å²) in [6.07, 6.45) is 3.16. The number of ether oxygens (including phenoxy) is 4. The van der Waals surface area contributed by atoms with E-state index in [0.29, 0.717) is 41.8 Å². The number of ketones is 1. The van der Waals surface area contributed by atoms with Crippen LogP contribution in [0.1, 0.15) is 85.5 Å². The molecule has 0 aromatic heterocycles. The number of aliphatic hydroxyl groups is 4. The van der Waals surface area contributed by atoms with E-state index in [2.05, 4.69) is 27.7 Å². The minimum atomic E-state index is -1.38. The van der Waals surface area contributed by atoms with Crippen LogP contribution in [0.2, 0.25) is 0 Å². The molecule has 3 aliphatic heterocycles. The molecule has 1 spiro atoms. The normalized spacial score (nSPS) is 58.1. The van der Waals surface area contributed by atoms with Crippen molar-refractivity contribution < 1.29 is 44.2 Å². The molecule has 4 saturated carbocycles. The molecule has 7 fully saturated rings. The number of hydrogen-bond donors (Lipinski definition) is 4. The topological polar surface area (TPSA) is 135 Å². The molecule has 9 nitrogen and oxygen atoms in total. The number of rotatable bonds is 4. The number of carbonyl (C=O) groups is 1. The van der Waals surface area contributed by atoms with Gasteiger partial charge in [0, 0.05) is 30.1 Å². The lowest BCUT2D eigenvalue weighted by atomic mass is 9.44. The zero-order valence-corrected chi connectivity index (χ0v) is 26.4. The van der Waals surface area contributed by atoms with Crippen LogP contribution in [-0.4, -0.2) is 94.5 Å². The molecule has 0 unspecified atom stereocenters. The van der Waals surface area contributed by atoms with Gasteiger partial charge in [-0.1, -0.05) is 27.7 Å². The van der Waals surface area contributed by atoms with Gasteiger partial charge in [0.2, 0.25) is 0 Å². The summed E-state index contributed by atoms with van der Waals surface area (Å²) in [5.74, 6) is 2.73. The molecule has 4 aliphatic carbocycles. The van der Waals surface area contributed by atoms with Crippen molar-refractivity contribution in [3.8, 4) is 0 Å². The van der Waals surface area contributed by atoms with Crippen molar-refractivity contribution in [1.82, 2.24) is 0 Å². The predicted molar refractivity (Wildman–Crippen MR) is 156 cm³/mol. The number of aliphatic hydroxyl groups excluding tert-OH is 4.